The van der Waals surface area contributed by atoms with Crippen LogP contribution in [-0.4, -0.2) is 37.9 Å². The van der Waals surface area contributed by atoms with Crippen molar-refractivity contribution in [1.29, 1.82) is 0 Å². The molecule has 0 saturated carbocycles. The predicted molar refractivity (Wildman–Crippen MR) is 86.6 cm³/mol. The Labute approximate surface area is 133 Å². The third kappa shape index (κ3) is 4.17. The molecule has 0 aliphatic rings. The molecule has 2 rings (SSSR count). The predicted octanol–water partition coefficient (Wildman–Crippen LogP) is 2.77. The van der Waals surface area contributed by atoms with Crippen molar-refractivity contribution in [2.75, 3.05) is 5.75 Å². The SMILES string of the molecule is Cc1nnc(SCC(=O)O)n1/N=C/c1ccc(C(C)C)cc1. The van der Waals surface area contributed by atoms with Crippen LogP contribution in [0.4, 0.5) is 0 Å². The summed E-state index contributed by atoms with van der Waals surface area (Å²) in [6.45, 7) is 6.07. The zero-order chi connectivity index (χ0) is 16.1. The summed E-state index contributed by atoms with van der Waals surface area (Å²) in [4.78, 5) is 10.6. The third-order valence-electron chi connectivity index (χ3n) is 3.02. The van der Waals surface area contributed by atoms with Crippen LogP contribution in [0.1, 0.15) is 36.7 Å². The number of rotatable bonds is 6. The minimum absolute atomic E-state index is 0.0727. The van der Waals surface area contributed by atoms with Gasteiger partial charge in [0.05, 0.1) is 12.0 Å². The van der Waals surface area contributed by atoms with E-state index >= 15 is 0 Å². The standard InChI is InChI=1S/C15H18N4O2S/c1-10(2)13-6-4-12(5-7-13)8-16-19-11(3)17-18-15(19)22-9-14(20)21/h4-8,10H,9H2,1-3H3,(H,20,21)/b16-8+. The molecule has 0 radical (unpaired) electrons. The highest BCUT2D eigenvalue weighted by Crippen LogP contribution is 2.17. The third-order valence-corrected chi connectivity index (χ3v) is 3.92. The van der Waals surface area contributed by atoms with Crippen molar-refractivity contribution in [2.45, 2.75) is 31.8 Å². The van der Waals surface area contributed by atoms with Crippen LogP contribution < -0.4 is 0 Å². The van der Waals surface area contributed by atoms with Crippen molar-refractivity contribution < 1.29 is 9.90 Å². The zero-order valence-electron chi connectivity index (χ0n) is 12.7. The number of carboxylic acid groups (broad SMARTS) is 1. The molecule has 0 saturated heterocycles. The van der Waals surface area contributed by atoms with E-state index < -0.39 is 5.97 Å². The average Bonchev–Trinajstić information content (AvgIpc) is 2.83. The van der Waals surface area contributed by atoms with Crippen LogP contribution in [0.25, 0.3) is 0 Å². The molecule has 0 bridgehead atoms. The van der Waals surface area contributed by atoms with Crippen molar-refractivity contribution in [3.63, 3.8) is 0 Å². The fraction of sp³-hybridized carbons (Fsp3) is 0.333. The zero-order valence-corrected chi connectivity index (χ0v) is 13.5. The summed E-state index contributed by atoms with van der Waals surface area (Å²) in [6.07, 6.45) is 1.71. The quantitative estimate of drug-likeness (QED) is 0.654. The number of aryl methyl sites for hydroxylation is 1. The molecule has 1 aromatic heterocycles. The largest absolute Gasteiger partial charge is 0.481 e. The van der Waals surface area contributed by atoms with Crippen LogP contribution in [0.15, 0.2) is 34.5 Å². The van der Waals surface area contributed by atoms with Gasteiger partial charge in [-0.1, -0.05) is 49.9 Å². The highest BCUT2D eigenvalue weighted by atomic mass is 32.2. The van der Waals surface area contributed by atoms with E-state index in [4.69, 9.17) is 5.11 Å². The molecule has 0 fully saturated rings. The van der Waals surface area contributed by atoms with Crippen LogP contribution in [0.2, 0.25) is 0 Å². The van der Waals surface area contributed by atoms with E-state index in [1.165, 1.54) is 5.56 Å². The fourth-order valence-corrected chi connectivity index (χ4v) is 2.43. The lowest BCUT2D eigenvalue weighted by atomic mass is 10.0. The minimum Gasteiger partial charge on any atom is -0.481 e. The molecule has 1 aromatic carbocycles. The Balaban J connectivity index is 2.15. The number of benzene rings is 1. The fourth-order valence-electron chi connectivity index (χ4n) is 1.78. The van der Waals surface area contributed by atoms with Gasteiger partial charge >= 0.3 is 5.97 Å². The Bertz CT molecular complexity index is 677. The second-order valence-electron chi connectivity index (χ2n) is 5.09. The first-order chi connectivity index (χ1) is 10.5. The molecule has 0 unspecified atom stereocenters. The van der Waals surface area contributed by atoms with Gasteiger partial charge in [0.15, 0.2) is 5.82 Å². The van der Waals surface area contributed by atoms with E-state index in [1.54, 1.807) is 17.8 Å². The van der Waals surface area contributed by atoms with Crippen molar-refractivity contribution >= 4 is 23.9 Å². The number of thioether (sulfide) groups is 1. The second kappa shape index (κ2) is 7.22. The van der Waals surface area contributed by atoms with Crippen molar-refractivity contribution in [1.82, 2.24) is 14.9 Å². The first-order valence-electron chi connectivity index (χ1n) is 6.88. The summed E-state index contributed by atoms with van der Waals surface area (Å²) in [7, 11) is 0. The van der Waals surface area contributed by atoms with Gasteiger partial charge in [0.25, 0.3) is 0 Å². The Kier molecular flexibility index (Phi) is 5.32. The van der Waals surface area contributed by atoms with Crippen molar-refractivity contribution in [2.24, 2.45) is 5.10 Å². The summed E-state index contributed by atoms with van der Waals surface area (Å²) >= 11 is 1.09. The molecule has 0 aliphatic carbocycles. The van der Waals surface area contributed by atoms with Crippen LogP contribution >= 0.6 is 11.8 Å². The number of carbonyl (C=O) groups is 1. The molecule has 0 spiro atoms. The summed E-state index contributed by atoms with van der Waals surface area (Å²) < 4.78 is 1.55. The molecule has 22 heavy (non-hydrogen) atoms. The van der Waals surface area contributed by atoms with Crippen LogP contribution in [-0.2, 0) is 4.79 Å². The van der Waals surface area contributed by atoms with Gasteiger partial charge in [-0.25, -0.2) is 0 Å². The molecule has 7 heteroatoms. The van der Waals surface area contributed by atoms with E-state index in [0.29, 0.717) is 16.9 Å². The Morgan fingerprint density at radius 2 is 2.05 bits per heavy atom. The van der Waals surface area contributed by atoms with Crippen LogP contribution in [0, 0.1) is 6.92 Å². The molecule has 1 heterocycles. The first kappa shape index (κ1) is 16.2. The van der Waals surface area contributed by atoms with E-state index in [1.807, 2.05) is 12.1 Å². The van der Waals surface area contributed by atoms with Gasteiger partial charge in [0.2, 0.25) is 5.16 Å². The van der Waals surface area contributed by atoms with Gasteiger partial charge in [-0.2, -0.15) is 9.78 Å². The van der Waals surface area contributed by atoms with Crippen molar-refractivity contribution in [3.05, 3.63) is 41.2 Å². The highest BCUT2D eigenvalue weighted by Gasteiger charge is 2.10. The summed E-state index contributed by atoms with van der Waals surface area (Å²) in [6, 6.07) is 8.15. The van der Waals surface area contributed by atoms with Gasteiger partial charge in [0.1, 0.15) is 0 Å². The Hall–Kier alpha value is -2.15. The Morgan fingerprint density at radius 3 is 2.64 bits per heavy atom. The monoisotopic (exact) mass is 318 g/mol. The molecular weight excluding hydrogens is 300 g/mol. The smallest absolute Gasteiger partial charge is 0.313 e. The maximum Gasteiger partial charge on any atom is 0.313 e. The van der Waals surface area contributed by atoms with E-state index in [9.17, 15) is 4.79 Å². The highest BCUT2D eigenvalue weighted by molar-refractivity contribution is 7.99. The first-order valence-corrected chi connectivity index (χ1v) is 7.87. The number of aliphatic carboxylic acids is 1. The molecule has 0 amide bonds. The minimum atomic E-state index is -0.898. The summed E-state index contributed by atoms with van der Waals surface area (Å²) in [5, 5.41) is 21.4. The maximum absolute atomic E-state index is 10.6. The summed E-state index contributed by atoms with van der Waals surface area (Å²) in [5.74, 6) is 0.134. The molecule has 0 atom stereocenters. The second-order valence-corrected chi connectivity index (χ2v) is 6.03. The van der Waals surface area contributed by atoms with Gasteiger partial charge in [-0.3, -0.25) is 4.79 Å². The van der Waals surface area contributed by atoms with E-state index in [0.717, 1.165) is 17.3 Å². The molecule has 6 nitrogen and oxygen atoms in total. The number of carboxylic acids is 1. The molecule has 1 N–H and O–H groups in total. The normalized spacial score (nSPS) is 11.5. The summed E-state index contributed by atoms with van der Waals surface area (Å²) in [5.41, 5.74) is 2.24. The molecule has 116 valence electrons. The van der Waals surface area contributed by atoms with Gasteiger partial charge in [-0.05, 0) is 24.0 Å². The topological polar surface area (TPSA) is 80.4 Å². The van der Waals surface area contributed by atoms with Gasteiger partial charge in [0, 0.05) is 0 Å². The van der Waals surface area contributed by atoms with Gasteiger partial charge < -0.3 is 5.11 Å². The number of nitrogens with zero attached hydrogens (tertiary/aromatic N) is 4. The Morgan fingerprint density at radius 1 is 1.36 bits per heavy atom. The van der Waals surface area contributed by atoms with E-state index in [2.05, 4.69) is 41.3 Å². The average molecular weight is 318 g/mol. The van der Waals surface area contributed by atoms with Gasteiger partial charge in [-0.15, -0.1) is 10.2 Å². The number of hydrogen-bond acceptors (Lipinski definition) is 5. The molecule has 0 aliphatic heterocycles. The van der Waals surface area contributed by atoms with Crippen LogP contribution in [0.3, 0.4) is 0 Å². The molecular formula is C15H18N4O2S. The van der Waals surface area contributed by atoms with E-state index in [-0.39, 0.29) is 5.75 Å². The van der Waals surface area contributed by atoms with Crippen molar-refractivity contribution in [3.8, 4) is 0 Å². The lowest BCUT2D eigenvalue weighted by Gasteiger charge is -2.04. The molecule has 2 aromatic rings. The van der Waals surface area contributed by atoms with Crippen LogP contribution in [0.5, 0.6) is 0 Å². The number of hydrogen-bond donors (Lipinski definition) is 1. The number of aromatic nitrogens is 3. The lowest BCUT2D eigenvalue weighted by Crippen LogP contribution is -2.01. The lowest BCUT2D eigenvalue weighted by molar-refractivity contribution is -0.133. The maximum atomic E-state index is 10.6.